The monoisotopic (exact) mass is 650 g/mol. The van der Waals surface area contributed by atoms with E-state index in [1.807, 2.05) is 6.07 Å². The van der Waals surface area contributed by atoms with Gasteiger partial charge in [-0.3, -0.25) is 0 Å². The summed E-state index contributed by atoms with van der Waals surface area (Å²) in [7, 11) is 0. The molecule has 3 heterocycles. The molecule has 0 amide bonds. The molecule has 11 aromatic rings. The van der Waals surface area contributed by atoms with Crippen LogP contribution in [-0.4, -0.2) is 9.13 Å². The predicted octanol–water partition coefficient (Wildman–Crippen LogP) is 13.1. The van der Waals surface area contributed by atoms with Gasteiger partial charge in [0, 0.05) is 43.7 Å². The van der Waals surface area contributed by atoms with Crippen LogP contribution in [-0.2, 0) is 0 Å². The highest BCUT2D eigenvalue weighted by molar-refractivity contribution is 6.24. The molecule has 238 valence electrons. The van der Waals surface area contributed by atoms with Gasteiger partial charge in [0.05, 0.1) is 33.1 Å². The van der Waals surface area contributed by atoms with Crippen molar-refractivity contribution in [2.75, 3.05) is 0 Å². The number of hydrogen-bond donors (Lipinski definition) is 0. The van der Waals surface area contributed by atoms with Crippen LogP contribution < -0.4 is 0 Å². The highest BCUT2D eigenvalue weighted by atomic mass is 16.3. The van der Waals surface area contributed by atoms with Gasteiger partial charge in [0.1, 0.15) is 11.2 Å². The first-order valence-corrected chi connectivity index (χ1v) is 17.4. The lowest BCUT2D eigenvalue weighted by Gasteiger charge is -2.20. The molecule has 0 unspecified atom stereocenters. The lowest BCUT2D eigenvalue weighted by atomic mass is 9.95. The van der Waals surface area contributed by atoms with E-state index in [0.717, 1.165) is 38.7 Å². The summed E-state index contributed by atoms with van der Waals surface area (Å²) in [6.45, 7) is 0. The topological polar surface area (TPSA) is 23.0 Å². The van der Waals surface area contributed by atoms with Crippen molar-refractivity contribution in [3.8, 4) is 33.6 Å². The molecule has 3 aromatic heterocycles. The number of fused-ring (bicyclic) bond motifs is 10. The second-order valence-electron chi connectivity index (χ2n) is 13.3. The zero-order valence-electron chi connectivity index (χ0n) is 27.6. The minimum Gasteiger partial charge on any atom is -0.456 e. The smallest absolute Gasteiger partial charge is 0.137 e. The summed E-state index contributed by atoms with van der Waals surface area (Å²) in [4.78, 5) is 0. The van der Waals surface area contributed by atoms with E-state index in [0.29, 0.717) is 0 Å². The van der Waals surface area contributed by atoms with Gasteiger partial charge < -0.3 is 13.6 Å². The van der Waals surface area contributed by atoms with Crippen molar-refractivity contribution in [3.05, 3.63) is 182 Å². The lowest BCUT2D eigenvalue weighted by molar-refractivity contribution is 0.669. The van der Waals surface area contributed by atoms with Gasteiger partial charge in [0.25, 0.3) is 0 Å². The summed E-state index contributed by atoms with van der Waals surface area (Å²) < 4.78 is 11.3. The van der Waals surface area contributed by atoms with Gasteiger partial charge in [0.15, 0.2) is 0 Å². The molecule has 0 fully saturated rings. The fraction of sp³-hybridized carbons (Fsp3) is 0. The first-order chi connectivity index (χ1) is 25.3. The van der Waals surface area contributed by atoms with E-state index in [-0.39, 0.29) is 0 Å². The Bertz CT molecular complexity index is 3090. The highest BCUT2D eigenvalue weighted by Gasteiger charge is 2.22. The largest absolute Gasteiger partial charge is 0.456 e. The number of para-hydroxylation sites is 5. The second kappa shape index (κ2) is 10.8. The van der Waals surface area contributed by atoms with Gasteiger partial charge in [0.2, 0.25) is 0 Å². The Balaban J connectivity index is 1.24. The Morgan fingerprint density at radius 1 is 0.353 bits per heavy atom. The summed E-state index contributed by atoms with van der Waals surface area (Å²) in [5, 5.41) is 7.20. The molecule has 0 atom stereocenters. The van der Waals surface area contributed by atoms with E-state index in [4.69, 9.17) is 4.42 Å². The molecule has 0 saturated heterocycles. The summed E-state index contributed by atoms with van der Waals surface area (Å²) in [5.41, 5.74) is 13.5. The maximum atomic E-state index is 6.41. The van der Waals surface area contributed by atoms with Gasteiger partial charge in [-0.15, -0.1) is 0 Å². The fourth-order valence-corrected chi connectivity index (χ4v) is 8.38. The van der Waals surface area contributed by atoms with Crippen LogP contribution in [0.2, 0.25) is 0 Å². The average molecular weight is 651 g/mol. The summed E-state index contributed by atoms with van der Waals surface area (Å²) >= 11 is 0. The van der Waals surface area contributed by atoms with Crippen molar-refractivity contribution in [3.63, 3.8) is 0 Å². The Kier molecular flexibility index (Phi) is 5.96. The van der Waals surface area contributed by atoms with E-state index < -0.39 is 0 Å². The Morgan fingerprint density at radius 3 is 1.63 bits per heavy atom. The lowest BCUT2D eigenvalue weighted by Crippen LogP contribution is -2.01. The minimum atomic E-state index is 0.896. The predicted molar refractivity (Wildman–Crippen MR) is 213 cm³/mol. The molecule has 51 heavy (non-hydrogen) atoms. The molecule has 0 radical (unpaired) electrons. The molecule has 3 heteroatoms. The van der Waals surface area contributed by atoms with Crippen LogP contribution in [0.25, 0.3) is 99.2 Å². The molecule has 0 N–H and O–H groups in total. The number of aromatic nitrogens is 2. The number of hydrogen-bond acceptors (Lipinski definition) is 1. The molecule has 0 bridgehead atoms. The molecule has 0 spiro atoms. The van der Waals surface area contributed by atoms with Crippen molar-refractivity contribution < 1.29 is 4.42 Å². The van der Waals surface area contributed by atoms with Crippen molar-refractivity contribution in [2.24, 2.45) is 0 Å². The minimum absolute atomic E-state index is 0.896. The van der Waals surface area contributed by atoms with Crippen LogP contribution >= 0.6 is 0 Å². The van der Waals surface area contributed by atoms with E-state index in [1.165, 1.54) is 60.5 Å². The van der Waals surface area contributed by atoms with Gasteiger partial charge in [-0.05, 0) is 59.7 Å². The van der Waals surface area contributed by atoms with Crippen molar-refractivity contribution in [1.29, 1.82) is 0 Å². The maximum absolute atomic E-state index is 6.41. The first-order valence-electron chi connectivity index (χ1n) is 17.4. The SMILES string of the molecule is c1ccc(-c2cccc(-c3cccc(-n4c5ccccc5c5ccc6oc7ccccc7c6c54)c3)c2-n2c3ccccc3c3ccccc32)cc1. The fourth-order valence-electron chi connectivity index (χ4n) is 8.38. The normalized spacial score (nSPS) is 11.9. The van der Waals surface area contributed by atoms with Crippen LogP contribution in [0.1, 0.15) is 0 Å². The van der Waals surface area contributed by atoms with Crippen molar-refractivity contribution >= 4 is 65.6 Å². The molecule has 8 aromatic carbocycles. The summed E-state index contributed by atoms with van der Waals surface area (Å²) in [5.74, 6) is 0. The number of rotatable bonds is 4. The standard InChI is InChI=1S/C48H30N2O/c1-2-14-31(15-3-1)34-22-13-23-35(47(34)50-42-25-9-4-18-36(42)37-19-5-10-26-43(37)50)32-16-12-17-33(30-32)49-41-24-8-6-20-38(41)39-28-29-45-46(48(39)49)40-21-7-11-27-44(40)51-45/h1-30H. The number of furan rings is 1. The zero-order valence-corrected chi connectivity index (χ0v) is 27.6. The average Bonchev–Trinajstić information content (AvgIpc) is 3.86. The van der Waals surface area contributed by atoms with E-state index in [2.05, 4.69) is 185 Å². The van der Waals surface area contributed by atoms with Crippen LogP contribution in [0.4, 0.5) is 0 Å². The molecular weight excluding hydrogens is 621 g/mol. The third kappa shape index (κ3) is 4.06. The van der Waals surface area contributed by atoms with Crippen LogP contribution in [0.5, 0.6) is 0 Å². The highest BCUT2D eigenvalue weighted by Crippen LogP contribution is 2.44. The molecular formula is C48H30N2O. The van der Waals surface area contributed by atoms with E-state index >= 15 is 0 Å². The van der Waals surface area contributed by atoms with Crippen LogP contribution in [0.3, 0.4) is 0 Å². The molecule has 11 rings (SSSR count). The third-order valence-corrected chi connectivity index (χ3v) is 10.5. The number of nitrogens with zero attached hydrogens (tertiary/aromatic N) is 2. The van der Waals surface area contributed by atoms with E-state index in [1.54, 1.807) is 0 Å². The number of benzene rings is 8. The van der Waals surface area contributed by atoms with E-state index in [9.17, 15) is 0 Å². The molecule has 3 nitrogen and oxygen atoms in total. The quantitative estimate of drug-likeness (QED) is 0.186. The summed E-state index contributed by atoms with van der Waals surface area (Å²) in [6.07, 6.45) is 0. The van der Waals surface area contributed by atoms with Crippen molar-refractivity contribution in [2.45, 2.75) is 0 Å². The molecule has 0 saturated carbocycles. The van der Waals surface area contributed by atoms with Crippen LogP contribution in [0.15, 0.2) is 186 Å². The van der Waals surface area contributed by atoms with Gasteiger partial charge in [-0.1, -0.05) is 133 Å². The van der Waals surface area contributed by atoms with Crippen LogP contribution in [0, 0.1) is 0 Å². The second-order valence-corrected chi connectivity index (χ2v) is 13.3. The Morgan fingerprint density at radius 2 is 0.902 bits per heavy atom. The van der Waals surface area contributed by atoms with Crippen molar-refractivity contribution in [1.82, 2.24) is 9.13 Å². The Labute approximate surface area is 293 Å². The molecule has 0 aliphatic carbocycles. The first kappa shape index (κ1) is 28.0. The summed E-state index contributed by atoms with van der Waals surface area (Å²) in [6, 6.07) is 65.5. The van der Waals surface area contributed by atoms with Gasteiger partial charge in [-0.2, -0.15) is 0 Å². The van der Waals surface area contributed by atoms with Gasteiger partial charge in [-0.25, -0.2) is 0 Å². The zero-order chi connectivity index (χ0) is 33.5. The molecule has 0 aliphatic heterocycles. The third-order valence-electron chi connectivity index (χ3n) is 10.5. The molecule has 0 aliphatic rings. The van der Waals surface area contributed by atoms with Gasteiger partial charge >= 0.3 is 0 Å². The maximum Gasteiger partial charge on any atom is 0.137 e. The Hall–Kier alpha value is -6.84.